The minimum Gasteiger partial charge on any atom is -0.334 e. The van der Waals surface area contributed by atoms with Gasteiger partial charge in [0.2, 0.25) is 5.91 Å². The summed E-state index contributed by atoms with van der Waals surface area (Å²) in [6, 6.07) is 8.97. The van der Waals surface area contributed by atoms with Gasteiger partial charge in [0.05, 0.1) is 6.42 Å². The topological polar surface area (TPSA) is 32.3 Å². The Balaban J connectivity index is 0.00000196. The van der Waals surface area contributed by atoms with Crippen LogP contribution in [0.25, 0.3) is 0 Å². The molecule has 1 spiro atoms. The first kappa shape index (κ1) is 19.3. The summed E-state index contributed by atoms with van der Waals surface area (Å²) in [6.45, 7) is 2.70. The molecular formula is C20H24ClFN2OS. The summed E-state index contributed by atoms with van der Waals surface area (Å²) in [4.78, 5) is 15.1. The molecule has 1 unspecified atom stereocenters. The van der Waals surface area contributed by atoms with E-state index in [1.807, 2.05) is 10.3 Å². The Morgan fingerprint density at radius 2 is 2.04 bits per heavy atom. The fraction of sp³-hybridized carbons (Fsp3) is 0.450. The van der Waals surface area contributed by atoms with Crippen molar-refractivity contribution in [2.24, 2.45) is 5.41 Å². The van der Waals surface area contributed by atoms with E-state index >= 15 is 0 Å². The van der Waals surface area contributed by atoms with Crippen molar-refractivity contribution in [1.82, 2.24) is 10.2 Å². The van der Waals surface area contributed by atoms with Crippen molar-refractivity contribution in [2.75, 3.05) is 13.1 Å². The van der Waals surface area contributed by atoms with Crippen molar-refractivity contribution in [3.63, 3.8) is 0 Å². The number of nitrogens with one attached hydrogen (secondary N) is 1. The molecule has 1 aliphatic carbocycles. The SMILES string of the molecule is Cl.O=C(Cc1ccccc1F)N(Cc1ccsc1)C1CC12CCNCC2. The number of carbonyl (C=O) groups excluding carboxylic acids is 1. The smallest absolute Gasteiger partial charge is 0.227 e. The minimum atomic E-state index is -0.293. The maximum atomic E-state index is 14.0. The van der Waals surface area contributed by atoms with Gasteiger partial charge in [0, 0.05) is 12.6 Å². The number of nitrogens with zero attached hydrogens (tertiary/aromatic N) is 1. The van der Waals surface area contributed by atoms with Crippen LogP contribution in [0.15, 0.2) is 41.1 Å². The number of halogens is 2. The monoisotopic (exact) mass is 394 g/mol. The second kappa shape index (κ2) is 8.07. The Morgan fingerprint density at radius 1 is 1.27 bits per heavy atom. The molecular weight excluding hydrogens is 371 g/mol. The van der Waals surface area contributed by atoms with E-state index in [9.17, 15) is 9.18 Å². The molecule has 2 aromatic rings. The number of carbonyl (C=O) groups is 1. The van der Waals surface area contributed by atoms with Crippen LogP contribution in [0, 0.1) is 11.2 Å². The third kappa shape index (κ3) is 3.95. The van der Waals surface area contributed by atoms with Crippen molar-refractivity contribution >= 4 is 29.7 Å². The lowest BCUT2D eigenvalue weighted by atomic mass is 9.93. The third-order valence-corrected chi connectivity index (χ3v) is 6.41. The Kier molecular flexibility index (Phi) is 6.00. The molecule has 1 aromatic heterocycles. The van der Waals surface area contributed by atoms with E-state index in [4.69, 9.17) is 0 Å². The second-order valence-electron chi connectivity index (χ2n) is 7.25. The van der Waals surface area contributed by atoms with Crippen molar-refractivity contribution in [3.8, 4) is 0 Å². The highest BCUT2D eigenvalue weighted by Crippen LogP contribution is 2.56. The molecule has 0 radical (unpaired) electrons. The van der Waals surface area contributed by atoms with Gasteiger partial charge < -0.3 is 10.2 Å². The van der Waals surface area contributed by atoms with Crippen LogP contribution in [0.4, 0.5) is 4.39 Å². The van der Waals surface area contributed by atoms with Gasteiger partial charge in [-0.2, -0.15) is 11.3 Å². The summed E-state index contributed by atoms with van der Waals surface area (Å²) in [7, 11) is 0. The number of amides is 1. The van der Waals surface area contributed by atoms with E-state index in [1.54, 1.807) is 29.5 Å². The summed E-state index contributed by atoms with van der Waals surface area (Å²) in [5, 5.41) is 7.55. The summed E-state index contributed by atoms with van der Waals surface area (Å²) in [5.41, 5.74) is 1.94. The highest BCUT2D eigenvalue weighted by Gasteiger charge is 2.57. The minimum absolute atomic E-state index is 0. The zero-order valence-corrected chi connectivity index (χ0v) is 16.3. The maximum absolute atomic E-state index is 14.0. The Bertz CT molecular complexity index is 746. The molecule has 2 aliphatic rings. The summed E-state index contributed by atoms with van der Waals surface area (Å²) >= 11 is 1.65. The number of piperidine rings is 1. The number of hydrogen-bond acceptors (Lipinski definition) is 3. The van der Waals surface area contributed by atoms with Crippen LogP contribution in [-0.4, -0.2) is 29.9 Å². The molecule has 1 N–H and O–H groups in total. The van der Waals surface area contributed by atoms with Crippen LogP contribution in [0.1, 0.15) is 30.4 Å². The summed E-state index contributed by atoms with van der Waals surface area (Å²) in [5.74, 6) is -0.254. The predicted octanol–water partition coefficient (Wildman–Crippen LogP) is 4.02. The van der Waals surface area contributed by atoms with Crippen molar-refractivity contribution in [3.05, 3.63) is 58.0 Å². The molecule has 3 nitrogen and oxygen atoms in total. The molecule has 2 fully saturated rings. The largest absolute Gasteiger partial charge is 0.334 e. The molecule has 6 heteroatoms. The van der Waals surface area contributed by atoms with E-state index in [2.05, 4.69) is 16.8 Å². The molecule has 26 heavy (non-hydrogen) atoms. The zero-order valence-electron chi connectivity index (χ0n) is 14.6. The first-order chi connectivity index (χ1) is 12.2. The summed E-state index contributed by atoms with van der Waals surface area (Å²) in [6.07, 6.45) is 3.49. The molecule has 2 heterocycles. The van der Waals surface area contributed by atoms with Crippen LogP contribution in [-0.2, 0) is 17.8 Å². The second-order valence-corrected chi connectivity index (χ2v) is 8.03. The van der Waals surface area contributed by atoms with Crippen LogP contribution in [0.2, 0.25) is 0 Å². The van der Waals surface area contributed by atoms with Gasteiger partial charge in [-0.1, -0.05) is 18.2 Å². The van der Waals surface area contributed by atoms with Gasteiger partial charge in [-0.05, 0) is 71.8 Å². The standard InChI is InChI=1S/C20H23FN2OS.ClH/c21-17-4-2-1-3-16(17)11-19(24)23(13-15-5-10-25-14-15)18-12-20(18)6-8-22-9-7-20;/h1-5,10,14,18,22H,6-9,11-13H2;1H. The van der Waals surface area contributed by atoms with Crippen molar-refractivity contribution in [1.29, 1.82) is 0 Å². The van der Waals surface area contributed by atoms with Gasteiger partial charge in [-0.25, -0.2) is 4.39 Å². The molecule has 0 bridgehead atoms. The fourth-order valence-electron chi connectivity index (χ4n) is 4.09. The number of rotatable bonds is 5. The number of hydrogen-bond donors (Lipinski definition) is 1. The van der Waals surface area contributed by atoms with E-state index in [0.29, 0.717) is 18.2 Å². The number of thiophene rings is 1. The van der Waals surface area contributed by atoms with E-state index in [0.717, 1.165) is 32.4 Å². The van der Waals surface area contributed by atoms with Gasteiger partial charge in [-0.15, -0.1) is 12.4 Å². The Labute approximate surface area is 164 Å². The van der Waals surface area contributed by atoms with Gasteiger partial charge in [0.15, 0.2) is 0 Å². The molecule has 1 aliphatic heterocycles. The van der Waals surface area contributed by atoms with E-state index < -0.39 is 0 Å². The van der Waals surface area contributed by atoms with Crippen molar-refractivity contribution in [2.45, 2.75) is 38.3 Å². The highest BCUT2D eigenvalue weighted by atomic mass is 35.5. The van der Waals surface area contributed by atoms with E-state index in [1.165, 1.54) is 11.6 Å². The van der Waals surface area contributed by atoms with Crippen LogP contribution < -0.4 is 5.32 Å². The molecule has 4 rings (SSSR count). The van der Waals surface area contributed by atoms with Crippen LogP contribution in [0.5, 0.6) is 0 Å². The number of benzene rings is 1. The zero-order chi connectivity index (χ0) is 17.3. The van der Waals surface area contributed by atoms with E-state index in [-0.39, 0.29) is 36.0 Å². The Morgan fingerprint density at radius 3 is 2.73 bits per heavy atom. The van der Waals surface area contributed by atoms with Gasteiger partial charge in [-0.3, -0.25) is 4.79 Å². The van der Waals surface area contributed by atoms with Gasteiger partial charge in [0.25, 0.3) is 0 Å². The van der Waals surface area contributed by atoms with Crippen molar-refractivity contribution < 1.29 is 9.18 Å². The fourth-order valence-corrected chi connectivity index (χ4v) is 4.75. The van der Waals surface area contributed by atoms with Crippen LogP contribution >= 0.6 is 23.7 Å². The normalized spacial score (nSPS) is 20.4. The quantitative estimate of drug-likeness (QED) is 0.830. The lowest BCUT2D eigenvalue weighted by molar-refractivity contribution is -0.132. The predicted molar refractivity (Wildman–Crippen MR) is 105 cm³/mol. The van der Waals surface area contributed by atoms with Crippen LogP contribution in [0.3, 0.4) is 0 Å². The lowest BCUT2D eigenvalue weighted by Crippen LogP contribution is -2.39. The maximum Gasteiger partial charge on any atom is 0.227 e. The first-order valence-electron chi connectivity index (χ1n) is 8.93. The molecule has 1 aromatic carbocycles. The van der Waals surface area contributed by atoms with Gasteiger partial charge in [0.1, 0.15) is 5.82 Å². The summed E-state index contributed by atoms with van der Waals surface area (Å²) < 4.78 is 14.0. The molecule has 1 saturated carbocycles. The highest BCUT2D eigenvalue weighted by molar-refractivity contribution is 7.07. The third-order valence-electron chi connectivity index (χ3n) is 5.68. The molecule has 140 valence electrons. The Hall–Kier alpha value is -1.43. The average molecular weight is 395 g/mol. The van der Waals surface area contributed by atoms with Gasteiger partial charge >= 0.3 is 0 Å². The molecule has 1 saturated heterocycles. The first-order valence-corrected chi connectivity index (χ1v) is 9.87. The molecule has 1 amide bonds. The molecule has 1 atom stereocenters. The average Bonchev–Trinajstić information content (AvgIpc) is 3.06. The lowest BCUT2D eigenvalue weighted by Gasteiger charge is -2.29.